The van der Waals surface area contributed by atoms with Gasteiger partial charge in [-0.15, -0.1) is 0 Å². The van der Waals surface area contributed by atoms with Gasteiger partial charge in [0.1, 0.15) is 6.61 Å². The van der Waals surface area contributed by atoms with Gasteiger partial charge in [0, 0.05) is 19.3 Å². The average molecular weight is 420 g/mol. The van der Waals surface area contributed by atoms with Crippen LogP contribution in [0.1, 0.15) is 117 Å². The molecule has 3 atom stereocenters. The van der Waals surface area contributed by atoms with Crippen molar-refractivity contribution in [2.75, 3.05) is 6.61 Å². The number of ether oxygens (including phenoxy) is 1. The van der Waals surface area contributed by atoms with Gasteiger partial charge in [-0.25, -0.2) is 0 Å². The van der Waals surface area contributed by atoms with Gasteiger partial charge in [0.15, 0.2) is 0 Å². The van der Waals surface area contributed by atoms with Gasteiger partial charge in [-0.2, -0.15) is 0 Å². The number of nitrogens with one attached hydrogen (secondary N) is 1. The molecule has 0 heterocycles. The van der Waals surface area contributed by atoms with E-state index in [9.17, 15) is 9.59 Å². The summed E-state index contributed by atoms with van der Waals surface area (Å²) in [7, 11) is 0. The van der Waals surface area contributed by atoms with Crippen LogP contribution in [0.4, 0.5) is 0 Å². The molecule has 1 N–H and O–H groups in total. The second-order valence-electron chi connectivity index (χ2n) is 9.67. The molecule has 4 nitrogen and oxygen atoms in total. The number of allylic oxidation sites excluding steroid dienone is 1. The number of esters is 1. The van der Waals surface area contributed by atoms with Crippen LogP contribution < -0.4 is 5.32 Å². The number of carbonyl (C=O) groups excluding carboxylic acids is 2. The molecule has 1 saturated carbocycles. The lowest BCUT2D eigenvalue weighted by Gasteiger charge is -2.36. The summed E-state index contributed by atoms with van der Waals surface area (Å²) in [6, 6.07) is 0. The van der Waals surface area contributed by atoms with Crippen LogP contribution in [0.3, 0.4) is 0 Å². The summed E-state index contributed by atoms with van der Waals surface area (Å²) in [5.74, 6) is 0.665. The zero-order valence-corrected chi connectivity index (χ0v) is 19.6. The lowest BCUT2D eigenvalue weighted by Crippen LogP contribution is -2.55. The number of hydrogen-bond acceptors (Lipinski definition) is 3. The normalized spacial score (nSPS) is 24.3. The van der Waals surface area contributed by atoms with Crippen LogP contribution in [0.25, 0.3) is 0 Å². The van der Waals surface area contributed by atoms with E-state index in [4.69, 9.17) is 4.74 Å². The van der Waals surface area contributed by atoms with E-state index in [-0.39, 0.29) is 17.4 Å². The van der Waals surface area contributed by atoms with Gasteiger partial charge in [0.05, 0.1) is 5.54 Å². The highest BCUT2D eigenvalue weighted by Crippen LogP contribution is 2.46. The van der Waals surface area contributed by atoms with Crippen molar-refractivity contribution in [3.8, 4) is 0 Å². The number of rotatable bonds is 17. The maximum absolute atomic E-state index is 12.6. The highest BCUT2D eigenvalue weighted by Gasteiger charge is 2.50. The predicted octanol–water partition coefficient (Wildman–Crippen LogP) is 6.48. The average Bonchev–Trinajstić information content (AvgIpc) is 3.31. The molecule has 0 aromatic rings. The van der Waals surface area contributed by atoms with Gasteiger partial charge in [0.2, 0.25) is 5.91 Å². The van der Waals surface area contributed by atoms with Crippen molar-refractivity contribution in [3.05, 3.63) is 12.2 Å². The molecule has 172 valence electrons. The maximum Gasteiger partial charge on any atom is 0.302 e. The van der Waals surface area contributed by atoms with Gasteiger partial charge < -0.3 is 10.1 Å². The molecule has 30 heavy (non-hydrogen) atoms. The standard InChI is InChI=1S/C26H45NO3/c1-3-4-5-6-7-8-9-10-11-12-13-14-15-16-25(29)27-26(21-30-22(2)28)20-23-17-18-24(26)19-23/h17-18,23-24H,3-16,19-21H2,1-2H3,(H,27,29)/t23-,24+,26+/m0/s1. The van der Waals surface area contributed by atoms with Crippen molar-refractivity contribution in [1.29, 1.82) is 0 Å². The first-order valence-corrected chi connectivity index (χ1v) is 12.7. The first-order chi connectivity index (χ1) is 14.6. The zero-order chi connectivity index (χ0) is 21.7. The van der Waals surface area contributed by atoms with E-state index in [1.807, 2.05) is 0 Å². The molecule has 0 aromatic carbocycles. The van der Waals surface area contributed by atoms with Gasteiger partial charge in [-0.3, -0.25) is 9.59 Å². The fourth-order valence-corrected chi connectivity index (χ4v) is 5.17. The van der Waals surface area contributed by atoms with Crippen molar-refractivity contribution < 1.29 is 14.3 Å². The van der Waals surface area contributed by atoms with Crippen LogP contribution >= 0.6 is 0 Å². The Morgan fingerprint density at radius 2 is 1.47 bits per heavy atom. The molecule has 0 aliphatic heterocycles. The molecule has 0 unspecified atom stereocenters. The molecule has 0 radical (unpaired) electrons. The van der Waals surface area contributed by atoms with Gasteiger partial charge in [-0.1, -0.05) is 96.1 Å². The Labute approximate surface area is 184 Å². The topological polar surface area (TPSA) is 55.4 Å². The smallest absolute Gasteiger partial charge is 0.302 e. The third-order valence-electron chi connectivity index (χ3n) is 6.94. The first kappa shape index (κ1) is 24.9. The van der Waals surface area contributed by atoms with Crippen molar-refractivity contribution in [2.45, 2.75) is 122 Å². The molecular formula is C26H45NO3. The maximum atomic E-state index is 12.6. The molecule has 2 rings (SSSR count). The number of fused-ring (bicyclic) bond motifs is 2. The highest BCUT2D eigenvalue weighted by atomic mass is 16.5. The number of amides is 1. The third kappa shape index (κ3) is 8.81. The highest BCUT2D eigenvalue weighted by molar-refractivity contribution is 5.77. The molecule has 0 spiro atoms. The van der Waals surface area contributed by atoms with E-state index in [0.717, 1.165) is 25.7 Å². The van der Waals surface area contributed by atoms with E-state index in [2.05, 4.69) is 24.4 Å². The van der Waals surface area contributed by atoms with E-state index >= 15 is 0 Å². The Morgan fingerprint density at radius 1 is 0.900 bits per heavy atom. The minimum absolute atomic E-state index is 0.117. The quantitative estimate of drug-likeness (QED) is 0.167. The molecule has 2 aliphatic rings. The molecule has 0 saturated heterocycles. The Morgan fingerprint density at radius 3 is 1.93 bits per heavy atom. The summed E-state index contributed by atoms with van der Waals surface area (Å²) in [5.41, 5.74) is -0.376. The lowest BCUT2D eigenvalue weighted by atomic mass is 9.85. The van der Waals surface area contributed by atoms with Gasteiger partial charge in [0.25, 0.3) is 0 Å². The minimum Gasteiger partial charge on any atom is -0.463 e. The molecule has 2 bridgehead atoms. The largest absolute Gasteiger partial charge is 0.463 e. The van der Waals surface area contributed by atoms with Crippen molar-refractivity contribution in [1.82, 2.24) is 5.32 Å². The van der Waals surface area contributed by atoms with E-state index in [1.54, 1.807) is 0 Å². The Kier molecular flexibility index (Phi) is 11.5. The zero-order valence-electron chi connectivity index (χ0n) is 19.6. The van der Waals surface area contributed by atoms with E-state index in [1.165, 1.54) is 77.6 Å². The SMILES string of the molecule is CCCCCCCCCCCCCCCC(=O)N[C@@]1(COC(C)=O)C[C@H]2C=C[C@@H]1C2. The van der Waals surface area contributed by atoms with Crippen molar-refractivity contribution in [3.63, 3.8) is 0 Å². The predicted molar refractivity (Wildman–Crippen MR) is 123 cm³/mol. The fraction of sp³-hybridized carbons (Fsp3) is 0.846. The third-order valence-corrected chi connectivity index (χ3v) is 6.94. The lowest BCUT2D eigenvalue weighted by molar-refractivity contribution is -0.145. The number of hydrogen-bond donors (Lipinski definition) is 1. The number of carbonyl (C=O) groups is 2. The summed E-state index contributed by atoms with van der Waals surface area (Å²) < 4.78 is 5.32. The Bertz CT molecular complexity index is 544. The molecule has 1 amide bonds. The van der Waals surface area contributed by atoms with Crippen LogP contribution in [-0.2, 0) is 14.3 Å². The van der Waals surface area contributed by atoms with E-state index < -0.39 is 0 Å². The van der Waals surface area contributed by atoms with Crippen LogP contribution in [0.2, 0.25) is 0 Å². The monoisotopic (exact) mass is 419 g/mol. The summed E-state index contributed by atoms with van der Waals surface area (Å²) in [6.45, 7) is 4.01. The van der Waals surface area contributed by atoms with Crippen LogP contribution in [-0.4, -0.2) is 24.0 Å². The van der Waals surface area contributed by atoms with E-state index in [0.29, 0.717) is 24.9 Å². The second kappa shape index (κ2) is 13.9. The van der Waals surface area contributed by atoms with Crippen molar-refractivity contribution >= 4 is 11.9 Å². The molecule has 1 fully saturated rings. The molecule has 4 heteroatoms. The molecule has 2 aliphatic carbocycles. The number of unbranched alkanes of at least 4 members (excludes halogenated alkanes) is 12. The van der Waals surface area contributed by atoms with Crippen LogP contribution in [0, 0.1) is 11.8 Å². The summed E-state index contributed by atoms with van der Waals surface area (Å²) in [6.07, 6.45) is 24.0. The minimum atomic E-state index is -0.376. The first-order valence-electron chi connectivity index (χ1n) is 12.7. The van der Waals surface area contributed by atoms with Crippen molar-refractivity contribution in [2.24, 2.45) is 11.8 Å². The summed E-state index contributed by atoms with van der Waals surface area (Å²) >= 11 is 0. The second-order valence-corrected chi connectivity index (χ2v) is 9.67. The Hall–Kier alpha value is -1.32. The van der Waals surface area contributed by atoms with Crippen LogP contribution in [0.15, 0.2) is 12.2 Å². The van der Waals surface area contributed by atoms with Crippen LogP contribution in [0.5, 0.6) is 0 Å². The van der Waals surface area contributed by atoms with Gasteiger partial charge >= 0.3 is 5.97 Å². The Balaban J connectivity index is 1.49. The fourth-order valence-electron chi connectivity index (χ4n) is 5.17. The summed E-state index contributed by atoms with van der Waals surface area (Å²) in [5, 5.41) is 3.26. The summed E-state index contributed by atoms with van der Waals surface area (Å²) in [4.78, 5) is 23.8. The molecule has 0 aromatic heterocycles. The molecular weight excluding hydrogens is 374 g/mol. The van der Waals surface area contributed by atoms with Gasteiger partial charge in [-0.05, 0) is 25.2 Å².